The molecule has 0 atom stereocenters. The molecule has 0 spiro atoms. The molecule has 0 aliphatic carbocycles. The SMILES string of the molecule is O=[N+]([O-])c1ccc(C=Cc2nc3ccc(Br)cc3s2)cc1. The fraction of sp³-hybridized carbons (Fsp3) is 0. The van der Waals surface area contributed by atoms with Crippen molar-refractivity contribution in [3.8, 4) is 0 Å². The fourth-order valence-electron chi connectivity index (χ4n) is 1.86. The van der Waals surface area contributed by atoms with Gasteiger partial charge < -0.3 is 0 Å². The van der Waals surface area contributed by atoms with Crippen LogP contribution in [-0.4, -0.2) is 9.91 Å². The predicted molar refractivity (Wildman–Crippen MR) is 89.3 cm³/mol. The first kappa shape index (κ1) is 13.9. The highest BCUT2D eigenvalue weighted by molar-refractivity contribution is 9.10. The highest BCUT2D eigenvalue weighted by Crippen LogP contribution is 2.26. The van der Waals surface area contributed by atoms with Gasteiger partial charge in [-0.2, -0.15) is 0 Å². The van der Waals surface area contributed by atoms with Crippen molar-refractivity contribution in [3.05, 3.63) is 67.6 Å². The van der Waals surface area contributed by atoms with Crippen LogP contribution < -0.4 is 0 Å². The number of nitro benzene ring substituents is 1. The van der Waals surface area contributed by atoms with E-state index < -0.39 is 4.92 Å². The number of hydrogen-bond acceptors (Lipinski definition) is 4. The summed E-state index contributed by atoms with van der Waals surface area (Å²) in [6, 6.07) is 12.4. The summed E-state index contributed by atoms with van der Waals surface area (Å²) in [4.78, 5) is 14.7. The molecule has 0 saturated carbocycles. The van der Waals surface area contributed by atoms with E-state index in [0.717, 1.165) is 25.3 Å². The number of nitrogens with zero attached hydrogens (tertiary/aromatic N) is 2. The number of halogens is 1. The van der Waals surface area contributed by atoms with Crippen molar-refractivity contribution >= 4 is 55.3 Å². The molecule has 6 heteroatoms. The van der Waals surface area contributed by atoms with E-state index >= 15 is 0 Å². The lowest BCUT2D eigenvalue weighted by Gasteiger charge is -1.92. The Bertz CT molecular complexity index is 841. The van der Waals surface area contributed by atoms with Gasteiger partial charge in [-0.1, -0.05) is 22.0 Å². The molecule has 0 unspecified atom stereocenters. The van der Waals surface area contributed by atoms with Gasteiger partial charge in [-0.25, -0.2) is 4.98 Å². The summed E-state index contributed by atoms with van der Waals surface area (Å²) in [5, 5.41) is 11.5. The Kier molecular flexibility index (Phi) is 3.81. The number of nitro groups is 1. The minimum absolute atomic E-state index is 0.0944. The topological polar surface area (TPSA) is 56.0 Å². The number of aromatic nitrogens is 1. The molecule has 3 rings (SSSR count). The molecule has 0 radical (unpaired) electrons. The lowest BCUT2D eigenvalue weighted by molar-refractivity contribution is -0.384. The fourth-order valence-corrected chi connectivity index (χ4v) is 3.28. The van der Waals surface area contributed by atoms with E-state index in [1.807, 2.05) is 30.4 Å². The van der Waals surface area contributed by atoms with Gasteiger partial charge in [0.2, 0.25) is 0 Å². The minimum Gasteiger partial charge on any atom is -0.258 e. The third-order valence-corrected chi connectivity index (χ3v) is 4.37. The van der Waals surface area contributed by atoms with E-state index in [1.165, 1.54) is 12.1 Å². The molecule has 0 amide bonds. The quantitative estimate of drug-likeness (QED) is 0.480. The second-order valence-electron chi connectivity index (χ2n) is 4.35. The Labute approximate surface area is 133 Å². The third kappa shape index (κ3) is 3.17. The summed E-state index contributed by atoms with van der Waals surface area (Å²) in [6.07, 6.45) is 3.82. The number of hydrogen-bond donors (Lipinski definition) is 0. The number of thiazole rings is 1. The van der Waals surface area contributed by atoms with E-state index in [2.05, 4.69) is 20.9 Å². The molecule has 1 aromatic heterocycles. The Morgan fingerprint density at radius 1 is 1.14 bits per heavy atom. The summed E-state index contributed by atoms with van der Waals surface area (Å²) in [5.41, 5.74) is 1.96. The molecule has 4 nitrogen and oxygen atoms in total. The number of fused-ring (bicyclic) bond motifs is 1. The van der Waals surface area contributed by atoms with Crippen molar-refractivity contribution in [1.82, 2.24) is 4.98 Å². The first-order valence-corrected chi connectivity index (χ1v) is 7.71. The van der Waals surface area contributed by atoms with Gasteiger partial charge >= 0.3 is 0 Å². The van der Waals surface area contributed by atoms with Crippen LogP contribution in [0.25, 0.3) is 22.4 Å². The summed E-state index contributed by atoms with van der Waals surface area (Å²) in [6.45, 7) is 0. The van der Waals surface area contributed by atoms with Crippen LogP contribution in [0.2, 0.25) is 0 Å². The van der Waals surface area contributed by atoms with E-state index in [4.69, 9.17) is 0 Å². The van der Waals surface area contributed by atoms with Crippen LogP contribution in [0, 0.1) is 10.1 Å². The van der Waals surface area contributed by atoms with E-state index in [0.29, 0.717) is 0 Å². The van der Waals surface area contributed by atoms with Crippen molar-refractivity contribution in [2.75, 3.05) is 0 Å². The molecule has 21 heavy (non-hydrogen) atoms. The molecule has 3 aromatic rings. The van der Waals surface area contributed by atoms with Gasteiger partial charge in [0, 0.05) is 16.6 Å². The third-order valence-electron chi connectivity index (χ3n) is 2.89. The van der Waals surface area contributed by atoms with Crippen molar-refractivity contribution < 1.29 is 4.92 Å². The lowest BCUT2D eigenvalue weighted by atomic mass is 10.2. The minimum atomic E-state index is -0.404. The maximum Gasteiger partial charge on any atom is 0.269 e. The molecule has 2 aromatic carbocycles. The summed E-state index contributed by atoms with van der Waals surface area (Å²) in [7, 11) is 0. The van der Waals surface area contributed by atoms with E-state index in [1.54, 1.807) is 23.5 Å². The van der Waals surface area contributed by atoms with Crippen molar-refractivity contribution in [2.45, 2.75) is 0 Å². The Hall–Kier alpha value is -2.05. The standard InChI is InChI=1S/C15H9BrN2O2S/c16-11-4-7-13-14(9-11)21-15(17-13)8-3-10-1-5-12(6-2-10)18(19)20/h1-9H. The Balaban J connectivity index is 1.85. The van der Waals surface area contributed by atoms with Crippen LogP contribution in [0.4, 0.5) is 5.69 Å². The van der Waals surface area contributed by atoms with Crippen molar-refractivity contribution in [1.29, 1.82) is 0 Å². The number of benzene rings is 2. The van der Waals surface area contributed by atoms with Crippen LogP contribution in [0.3, 0.4) is 0 Å². The van der Waals surface area contributed by atoms with Gasteiger partial charge in [-0.15, -0.1) is 11.3 Å². The van der Waals surface area contributed by atoms with E-state index in [-0.39, 0.29) is 5.69 Å². The summed E-state index contributed by atoms with van der Waals surface area (Å²) < 4.78 is 2.15. The first-order chi connectivity index (χ1) is 10.1. The van der Waals surface area contributed by atoms with Crippen LogP contribution in [0.15, 0.2) is 46.9 Å². The predicted octanol–water partition coefficient (Wildman–Crippen LogP) is 5.14. The molecule has 104 valence electrons. The van der Waals surface area contributed by atoms with Gasteiger partial charge in [0.25, 0.3) is 5.69 Å². The maximum absolute atomic E-state index is 10.6. The number of rotatable bonds is 3. The molecule has 0 N–H and O–H groups in total. The van der Waals surface area contributed by atoms with Crippen LogP contribution in [0.5, 0.6) is 0 Å². The van der Waals surface area contributed by atoms with Gasteiger partial charge in [-0.3, -0.25) is 10.1 Å². The monoisotopic (exact) mass is 360 g/mol. The van der Waals surface area contributed by atoms with Crippen LogP contribution >= 0.6 is 27.3 Å². The van der Waals surface area contributed by atoms with Gasteiger partial charge in [0.15, 0.2) is 0 Å². The number of non-ortho nitro benzene ring substituents is 1. The van der Waals surface area contributed by atoms with E-state index in [9.17, 15) is 10.1 Å². The Morgan fingerprint density at radius 2 is 1.90 bits per heavy atom. The van der Waals surface area contributed by atoms with Crippen molar-refractivity contribution in [2.24, 2.45) is 0 Å². The van der Waals surface area contributed by atoms with Gasteiger partial charge in [0.1, 0.15) is 5.01 Å². The van der Waals surface area contributed by atoms with Crippen LogP contribution in [-0.2, 0) is 0 Å². The zero-order chi connectivity index (χ0) is 14.8. The van der Waals surface area contributed by atoms with Crippen LogP contribution in [0.1, 0.15) is 10.6 Å². The van der Waals surface area contributed by atoms with Crippen molar-refractivity contribution in [3.63, 3.8) is 0 Å². The summed E-state index contributed by atoms with van der Waals surface area (Å²) >= 11 is 5.04. The second-order valence-corrected chi connectivity index (χ2v) is 6.32. The first-order valence-electron chi connectivity index (χ1n) is 6.10. The normalized spacial score (nSPS) is 11.3. The largest absolute Gasteiger partial charge is 0.269 e. The molecule has 0 bridgehead atoms. The molecule has 0 aliphatic rings. The smallest absolute Gasteiger partial charge is 0.258 e. The van der Waals surface area contributed by atoms with Gasteiger partial charge in [0.05, 0.1) is 15.1 Å². The zero-order valence-electron chi connectivity index (χ0n) is 10.7. The maximum atomic E-state index is 10.6. The lowest BCUT2D eigenvalue weighted by Crippen LogP contribution is -1.86. The summed E-state index contributed by atoms with van der Waals surface area (Å²) in [5.74, 6) is 0. The average molecular weight is 361 g/mol. The highest BCUT2D eigenvalue weighted by Gasteiger charge is 2.03. The molecule has 0 saturated heterocycles. The molecular formula is C15H9BrN2O2S. The zero-order valence-corrected chi connectivity index (χ0v) is 13.1. The average Bonchev–Trinajstić information content (AvgIpc) is 2.87. The molecule has 0 fully saturated rings. The van der Waals surface area contributed by atoms with Gasteiger partial charge in [-0.05, 0) is 42.0 Å². The highest BCUT2D eigenvalue weighted by atomic mass is 79.9. The Morgan fingerprint density at radius 3 is 2.62 bits per heavy atom. The molecule has 1 heterocycles. The molecule has 0 aliphatic heterocycles. The second kappa shape index (κ2) is 5.75. The molecular weight excluding hydrogens is 352 g/mol.